The van der Waals surface area contributed by atoms with E-state index in [0.717, 1.165) is 13.1 Å². The molecule has 1 fully saturated rings. The highest BCUT2D eigenvalue weighted by atomic mass is 16.1. The number of pyridine rings is 1. The van der Waals surface area contributed by atoms with Crippen molar-refractivity contribution >= 4 is 23.4 Å². The minimum absolute atomic E-state index is 0.127. The summed E-state index contributed by atoms with van der Waals surface area (Å²) in [7, 11) is 3.49. The summed E-state index contributed by atoms with van der Waals surface area (Å²) in [6.45, 7) is 3.13. The number of fused-ring (bicyclic) bond motifs is 1. The Morgan fingerprint density at radius 3 is 2.69 bits per heavy atom. The van der Waals surface area contributed by atoms with Crippen molar-refractivity contribution in [3.8, 4) is 6.07 Å². The standard InChI is InChI=1S/C18H20N6O2/c1-20-17(25)13(12-19)11-14-16(23-9-7-22(2)8-10-23)21-15-5-3-4-6-24(15)18(14)26/h3-6,11H,7-10H2,1-2H3,(H,20,25)/b13-11+. The predicted molar refractivity (Wildman–Crippen MR) is 98.8 cm³/mol. The van der Waals surface area contributed by atoms with E-state index in [2.05, 4.69) is 15.2 Å². The fourth-order valence-electron chi connectivity index (χ4n) is 2.90. The van der Waals surface area contributed by atoms with Gasteiger partial charge in [0.1, 0.15) is 23.1 Å². The van der Waals surface area contributed by atoms with Crippen LogP contribution in [-0.4, -0.2) is 60.5 Å². The van der Waals surface area contributed by atoms with Crippen LogP contribution in [0.4, 0.5) is 5.82 Å². The molecule has 0 saturated carbocycles. The lowest BCUT2D eigenvalue weighted by molar-refractivity contribution is -0.116. The van der Waals surface area contributed by atoms with Crippen molar-refractivity contribution < 1.29 is 4.79 Å². The molecule has 0 aromatic carbocycles. The highest BCUT2D eigenvalue weighted by molar-refractivity contribution is 6.02. The van der Waals surface area contributed by atoms with E-state index in [4.69, 9.17) is 0 Å². The van der Waals surface area contributed by atoms with Crippen LogP contribution in [0.5, 0.6) is 0 Å². The molecule has 26 heavy (non-hydrogen) atoms. The molecule has 2 aromatic rings. The molecular formula is C18H20N6O2. The smallest absolute Gasteiger partial charge is 0.267 e. The van der Waals surface area contributed by atoms with Crippen molar-refractivity contribution in [3.05, 3.63) is 45.9 Å². The van der Waals surface area contributed by atoms with Gasteiger partial charge >= 0.3 is 0 Å². The summed E-state index contributed by atoms with van der Waals surface area (Å²) < 4.78 is 1.42. The van der Waals surface area contributed by atoms with Crippen molar-refractivity contribution in [2.75, 3.05) is 45.2 Å². The Hall–Kier alpha value is -3.18. The Bertz CT molecular complexity index is 964. The number of nitriles is 1. The molecular weight excluding hydrogens is 332 g/mol. The third kappa shape index (κ3) is 3.30. The highest BCUT2D eigenvalue weighted by Gasteiger charge is 2.22. The second kappa shape index (κ2) is 7.37. The summed E-state index contributed by atoms with van der Waals surface area (Å²) in [5, 5.41) is 11.7. The molecule has 8 heteroatoms. The molecule has 1 aliphatic rings. The van der Waals surface area contributed by atoms with E-state index in [0.29, 0.717) is 24.6 Å². The van der Waals surface area contributed by atoms with Crippen LogP contribution in [-0.2, 0) is 4.79 Å². The van der Waals surface area contributed by atoms with Crippen molar-refractivity contribution in [1.82, 2.24) is 19.6 Å². The lowest BCUT2D eigenvalue weighted by Crippen LogP contribution is -2.45. The number of amides is 1. The van der Waals surface area contributed by atoms with E-state index in [1.54, 1.807) is 18.3 Å². The van der Waals surface area contributed by atoms with Gasteiger partial charge < -0.3 is 15.1 Å². The largest absolute Gasteiger partial charge is 0.354 e. The zero-order valence-corrected chi connectivity index (χ0v) is 14.8. The first-order valence-electron chi connectivity index (χ1n) is 8.34. The van der Waals surface area contributed by atoms with Crippen LogP contribution in [0, 0.1) is 11.3 Å². The predicted octanol–water partition coefficient (Wildman–Crippen LogP) is 0.0993. The van der Waals surface area contributed by atoms with Gasteiger partial charge in [-0.1, -0.05) is 6.07 Å². The van der Waals surface area contributed by atoms with Gasteiger partial charge in [-0.05, 0) is 25.3 Å². The van der Waals surface area contributed by atoms with Gasteiger partial charge in [0, 0.05) is 39.4 Å². The molecule has 8 nitrogen and oxygen atoms in total. The maximum absolute atomic E-state index is 13.0. The molecule has 3 rings (SSSR count). The molecule has 0 atom stereocenters. The zero-order valence-electron chi connectivity index (χ0n) is 14.8. The molecule has 1 aliphatic heterocycles. The number of piperazine rings is 1. The van der Waals surface area contributed by atoms with Crippen LogP contribution < -0.4 is 15.8 Å². The van der Waals surface area contributed by atoms with Gasteiger partial charge in [-0.25, -0.2) is 4.98 Å². The van der Waals surface area contributed by atoms with Crippen LogP contribution in [0.15, 0.2) is 34.8 Å². The van der Waals surface area contributed by atoms with Gasteiger partial charge in [-0.2, -0.15) is 5.26 Å². The summed E-state index contributed by atoms with van der Waals surface area (Å²) in [5.41, 5.74) is 0.347. The van der Waals surface area contributed by atoms with Crippen LogP contribution in [0.1, 0.15) is 5.56 Å². The third-order valence-electron chi connectivity index (χ3n) is 4.43. The Balaban J connectivity index is 2.21. The topological polar surface area (TPSA) is 93.7 Å². The Morgan fingerprint density at radius 2 is 2.04 bits per heavy atom. The number of hydrogen-bond acceptors (Lipinski definition) is 6. The average molecular weight is 352 g/mol. The molecule has 2 aromatic heterocycles. The molecule has 0 bridgehead atoms. The normalized spacial score (nSPS) is 15.7. The number of aromatic nitrogens is 2. The van der Waals surface area contributed by atoms with Crippen LogP contribution in [0.3, 0.4) is 0 Å². The van der Waals surface area contributed by atoms with E-state index in [1.165, 1.54) is 17.5 Å². The maximum Gasteiger partial charge on any atom is 0.267 e. The second-order valence-electron chi connectivity index (χ2n) is 6.12. The van der Waals surface area contributed by atoms with Crippen molar-refractivity contribution in [1.29, 1.82) is 5.26 Å². The zero-order chi connectivity index (χ0) is 18.7. The fourth-order valence-corrected chi connectivity index (χ4v) is 2.90. The van der Waals surface area contributed by atoms with E-state index < -0.39 is 5.91 Å². The number of carbonyl (C=O) groups excluding carboxylic acids is 1. The number of rotatable bonds is 3. The van der Waals surface area contributed by atoms with Crippen LogP contribution >= 0.6 is 0 Å². The molecule has 1 amide bonds. The summed E-state index contributed by atoms with van der Waals surface area (Å²) in [4.78, 5) is 33.8. The number of carbonyl (C=O) groups is 1. The Morgan fingerprint density at radius 1 is 1.31 bits per heavy atom. The van der Waals surface area contributed by atoms with Gasteiger partial charge in [0.15, 0.2) is 0 Å². The van der Waals surface area contributed by atoms with E-state index in [9.17, 15) is 14.9 Å². The second-order valence-corrected chi connectivity index (χ2v) is 6.12. The fraction of sp³-hybridized carbons (Fsp3) is 0.333. The number of likely N-dealkylation sites (N-methyl/N-ethyl adjacent to an activating group) is 2. The summed E-state index contributed by atoms with van der Waals surface area (Å²) in [6.07, 6.45) is 2.96. The van der Waals surface area contributed by atoms with Gasteiger partial charge in [0.25, 0.3) is 11.5 Å². The molecule has 0 unspecified atom stereocenters. The Kier molecular flexibility index (Phi) is 5.00. The minimum atomic E-state index is -0.533. The summed E-state index contributed by atoms with van der Waals surface area (Å²) >= 11 is 0. The van der Waals surface area contributed by atoms with Gasteiger partial charge in [0.2, 0.25) is 0 Å². The van der Waals surface area contributed by atoms with Crippen molar-refractivity contribution in [2.45, 2.75) is 0 Å². The molecule has 0 aliphatic carbocycles. The quantitative estimate of drug-likeness (QED) is 0.622. The van der Waals surface area contributed by atoms with E-state index in [-0.39, 0.29) is 16.7 Å². The lowest BCUT2D eigenvalue weighted by Gasteiger charge is -2.34. The van der Waals surface area contributed by atoms with E-state index in [1.807, 2.05) is 24.1 Å². The van der Waals surface area contributed by atoms with Crippen molar-refractivity contribution in [3.63, 3.8) is 0 Å². The SMILES string of the molecule is CNC(=O)/C(C#N)=C/c1c(N2CCN(C)CC2)nc2ccccn2c1=O. The number of nitrogens with one attached hydrogen (secondary N) is 1. The van der Waals surface area contributed by atoms with Crippen LogP contribution in [0.25, 0.3) is 11.7 Å². The molecule has 1 N–H and O–H groups in total. The molecule has 0 spiro atoms. The maximum atomic E-state index is 13.0. The summed E-state index contributed by atoms with van der Waals surface area (Å²) in [5.74, 6) is -0.0275. The van der Waals surface area contributed by atoms with Crippen molar-refractivity contribution in [2.24, 2.45) is 0 Å². The first kappa shape index (κ1) is 17.6. The monoisotopic (exact) mass is 352 g/mol. The first-order chi connectivity index (χ1) is 12.5. The minimum Gasteiger partial charge on any atom is -0.354 e. The number of hydrogen-bond donors (Lipinski definition) is 1. The summed E-state index contributed by atoms with van der Waals surface area (Å²) in [6, 6.07) is 7.18. The lowest BCUT2D eigenvalue weighted by atomic mass is 10.1. The molecule has 3 heterocycles. The number of anilines is 1. The average Bonchev–Trinajstić information content (AvgIpc) is 2.67. The Labute approximate surface area is 151 Å². The number of nitrogens with zero attached hydrogens (tertiary/aromatic N) is 5. The molecule has 1 saturated heterocycles. The molecule has 134 valence electrons. The van der Waals surface area contributed by atoms with Gasteiger partial charge in [0.05, 0.1) is 5.56 Å². The van der Waals surface area contributed by atoms with Gasteiger partial charge in [-0.3, -0.25) is 14.0 Å². The van der Waals surface area contributed by atoms with Gasteiger partial charge in [-0.15, -0.1) is 0 Å². The molecule has 0 radical (unpaired) electrons. The first-order valence-corrected chi connectivity index (χ1v) is 8.34. The third-order valence-corrected chi connectivity index (χ3v) is 4.43. The van der Waals surface area contributed by atoms with E-state index >= 15 is 0 Å². The van der Waals surface area contributed by atoms with Crippen LogP contribution in [0.2, 0.25) is 0 Å². The highest BCUT2D eigenvalue weighted by Crippen LogP contribution is 2.20.